The van der Waals surface area contributed by atoms with Gasteiger partial charge in [-0.2, -0.15) is 0 Å². The van der Waals surface area contributed by atoms with E-state index >= 15 is 0 Å². The van der Waals surface area contributed by atoms with E-state index in [-0.39, 0.29) is 18.2 Å². The summed E-state index contributed by atoms with van der Waals surface area (Å²) >= 11 is 9.38. The second-order valence-corrected chi connectivity index (χ2v) is 15.0. The van der Waals surface area contributed by atoms with Gasteiger partial charge >= 0.3 is 0 Å². The summed E-state index contributed by atoms with van der Waals surface area (Å²) in [5, 5.41) is 20.6. The Morgan fingerprint density at radius 3 is 2.39 bits per heavy atom. The zero-order valence-corrected chi connectivity index (χ0v) is 30.8. The molecule has 2 amide bonds. The van der Waals surface area contributed by atoms with Crippen molar-refractivity contribution in [2.45, 2.75) is 66.8 Å². The highest BCUT2D eigenvalue weighted by atomic mass is 35.5. The molecule has 4 heterocycles. The number of benzene rings is 2. The van der Waals surface area contributed by atoms with Gasteiger partial charge in [0, 0.05) is 50.2 Å². The maximum Gasteiger partial charge on any atom is 0.257 e. The molecule has 6 rings (SSSR count). The van der Waals surface area contributed by atoms with Crippen molar-refractivity contribution < 1.29 is 9.59 Å². The van der Waals surface area contributed by atoms with Gasteiger partial charge in [-0.05, 0) is 89.8 Å². The Morgan fingerprint density at radius 2 is 1.65 bits per heavy atom. The highest BCUT2D eigenvalue weighted by molar-refractivity contribution is 7.16. The average molecular weight is 715 g/mol. The molecule has 0 unspecified atom stereocenters. The summed E-state index contributed by atoms with van der Waals surface area (Å²) in [5.74, 6) is 1.15. The van der Waals surface area contributed by atoms with Crippen LogP contribution in [0.15, 0.2) is 47.5 Å². The van der Waals surface area contributed by atoms with Gasteiger partial charge in [0.05, 0.1) is 17.8 Å². The standard InChI is InChI=1S/C36H39ClN8O2S2/c1-19-22(4)48-35-31(19)32(25-12-14-26(37)15-13-25)41-29(33-44-43-24(6)45(33)35)18-30(46)39-17-8-7-16-38-28-11-9-10-27(20(28)2)34(47)42-36-40-21(3)23(5)49-36/h9-15,29,38H,7-8,16-18H2,1-6H3,(H,39,46)(H,40,42,47)/t29-/m0/s1. The van der Waals surface area contributed by atoms with Gasteiger partial charge in [0.25, 0.3) is 5.91 Å². The molecule has 3 N–H and O–H groups in total. The number of halogens is 1. The van der Waals surface area contributed by atoms with Gasteiger partial charge in [0.1, 0.15) is 16.9 Å². The number of amides is 2. The molecule has 1 aliphatic rings. The number of anilines is 2. The molecule has 0 aliphatic carbocycles. The van der Waals surface area contributed by atoms with E-state index in [1.165, 1.54) is 16.2 Å². The van der Waals surface area contributed by atoms with Crippen molar-refractivity contribution >= 4 is 62.6 Å². The lowest BCUT2D eigenvalue weighted by molar-refractivity contribution is -0.121. The predicted molar refractivity (Wildman–Crippen MR) is 199 cm³/mol. The number of aliphatic imine (C=N–C) groups is 1. The minimum absolute atomic E-state index is 0.0947. The van der Waals surface area contributed by atoms with E-state index < -0.39 is 6.04 Å². The summed E-state index contributed by atoms with van der Waals surface area (Å²) in [6.07, 6.45) is 1.77. The van der Waals surface area contributed by atoms with Gasteiger partial charge < -0.3 is 10.6 Å². The lowest BCUT2D eigenvalue weighted by Crippen LogP contribution is -2.26. The molecule has 0 spiro atoms. The Bertz CT molecular complexity index is 2040. The maximum absolute atomic E-state index is 13.3. The number of nitrogens with one attached hydrogen (secondary N) is 3. The number of hydrogen-bond acceptors (Lipinski definition) is 9. The Kier molecular flexibility index (Phi) is 10.3. The fourth-order valence-corrected chi connectivity index (χ4v) is 7.99. The Hall–Kier alpha value is -4.39. The van der Waals surface area contributed by atoms with Crippen LogP contribution in [-0.2, 0) is 4.79 Å². The van der Waals surface area contributed by atoms with Crippen LogP contribution in [-0.4, -0.2) is 50.4 Å². The number of unbranched alkanes of at least 4 members (excludes halogenated alkanes) is 1. The van der Waals surface area contributed by atoms with Crippen LogP contribution in [0, 0.1) is 41.5 Å². The van der Waals surface area contributed by atoms with Crippen LogP contribution in [0.1, 0.15) is 85.0 Å². The van der Waals surface area contributed by atoms with Gasteiger partial charge in [-0.3, -0.25) is 24.5 Å². The molecule has 13 heteroatoms. The molecule has 5 aromatic rings. The number of carbonyl (C=O) groups is 2. The average Bonchev–Trinajstić information content (AvgIpc) is 3.67. The van der Waals surface area contributed by atoms with Crippen molar-refractivity contribution in [1.29, 1.82) is 0 Å². The number of fused-ring (bicyclic) bond motifs is 3. The van der Waals surface area contributed by atoms with Crippen LogP contribution in [0.3, 0.4) is 0 Å². The van der Waals surface area contributed by atoms with E-state index in [0.717, 1.165) is 67.9 Å². The SMILES string of the molecule is Cc1nc(NC(=O)c2cccc(NCCCCNC(=O)C[C@@H]3N=C(c4ccc(Cl)cc4)c4c(sc(C)c4C)-n4c(C)nnc43)c2C)sc1C. The third-order valence-corrected chi connectivity index (χ3v) is 11.2. The van der Waals surface area contributed by atoms with Crippen LogP contribution in [0.2, 0.25) is 5.02 Å². The number of nitrogens with zero attached hydrogens (tertiary/aromatic N) is 5. The fraction of sp³-hybridized carbons (Fsp3) is 0.333. The molecule has 0 radical (unpaired) electrons. The number of rotatable bonds is 11. The van der Waals surface area contributed by atoms with E-state index in [0.29, 0.717) is 34.6 Å². The summed E-state index contributed by atoms with van der Waals surface area (Å²) in [5.41, 5.74) is 7.26. The highest BCUT2D eigenvalue weighted by Gasteiger charge is 2.32. The third kappa shape index (κ3) is 7.31. The van der Waals surface area contributed by atoms with Gasteiger partial charge in [-0.25, -0.2) is 4.98 Å². The van der Waals surface area contributed by atoms with Crippen molar-refractivity contribution in [1.82, 2.24) is 25.1 Å². The van der Waals surface area contributed by atoms with E-state index in [1.807, 2.05) is 70.2 Å². The highest BCUT2D eigenvalue weighted by Crippen LogP contribution is 2.39. The topological polar surface area (TPSA) is 126 Å². The van der Waals surface area contributed by atoms with Gasteiger partial charge in [0.15, 0.2) is 11.0 Å². The number of thiazole rings is 1. The lowest BCUT2D eigenvalue weighted by Gasteiger charge is -2.14. The number of aryl methyl sites for hydroxylation is 4. The Balaban J connectivity index is 1.07. The second kappa shape index (κ2) is 14.6. The number of carbonyl (C=O) groups excluding carboxylic acids is 2. The van der Waals surface area contributed by atoms with E-state index in [9.17, 15) is 9.59 Å². The molecular formula is C36H39ClN8O2S2. The van der Waals surface area contributed by atoms with Crippen molar-refractivity contribution in [3.8, 4) is 5.00 Å². The molecule has 49 heavy (non-hydrogen) atoms. The normalized spacial score (nSPS) is 13.7. The number of thiophene rings is 1. The van der Waals surface area contributed by atoms with E-state index in [1.54, 1.807) is 11.3 Å². The molecule has 0 saturated heterocycles. The molecule has 1 aliphatic heterocycles. The molecule has 0 saturated carbocycles. The van der Waals surface area contributed by atoms with Gasteiger partial charge in [-0.1, -0.05) is 29.8 Å². The summed E-state index contributed by atoms with van der Waals surface area (Å²) in [4.78, 5) is 38.1. The zero-order chi connectivity index (χ0) is 34.8. The van der Waals surface area contributed by atoms with Gasteiger partial charge in [-0.15, -0.1) is 32.9 Å². The summed E-state index contributed by atoms with van der Waals surface area (Å²) in [6, 6.07) is 12.8. The van der Waals surface area contributed by atoms with Crippen LogP contribution in [0.5, 0.6) is 0 Å². The minimum Gasteiger partial charge on any atom is -0.385 e. The minimum atomic E-state index is -0.510. The lowest BCUT2D eigenvalue weighted by atomic mass is 9.99. The maximum atomic E-state index is 13.3. The molecular weight excluding hydrogens is 676 g/mol. The first kappa shape index (κ1) is 34.5. The summed E-state index contributed by atoms with van der Waals surface area (Å²) in [7, 11) is 0. The number of aromatic nitrogens is 4. The first-order valence-electron chi connectivity index (χ1n) is 16.2. The van der Waals surface area contributed by atoms with Crippen molar-refractivity contribution in [2.75, 3.05) is 23.7 Å². The second-order valence-electron chi connectivity index (χ2n) is 12.2. The quantitative estimate of drug-likeness (QED) is 0.120. The number of hydrogen-bond donors (Lipinski definition) is 3. The Morgan fingerprint density at radius 1 is 0.898 bits per heavy atom. The van der Waals surface area contributed by atoms with E-state index in [2.05, 4.69) is 49.5 Å². The molecule has 254 valence electrons. The Labute approximate surface area is 299 Å². The molecule has 3 aromatic heterocycles. The first-order chi connectivity index (χ1) is 23.5. The molecule has 1 atom stereocenters. The van der Waals surface area contributed by atoms with E-state index in [4.69, 9.17) is 16.6 Å². The molecule has 0 fully saturated rings. The van der Waals surface area contributed by atoms with Crippen molar-refractivity contribution in [3.05, 3.63) is 102 Å². The summed E-state index contributed by atoms with van der Waals surface area (Å²) in [6.45, 7) is 13.2. The fourth-order valence-electron chi connectivity index (χ4n) is 5.84. The first-order valence-corrected chi connectivity index (χ1v) is 18.2. The molecule has 10 nitrogen and oxygen atoms in total. The predicted octanol–water partition coefficient (Wildman–Crippen LogP) is 7.83. The zero-order valence-electron chi connectivity index (χ0n) is 28.4. The molecule has 0 bridgehead atoms. The van der Waals surface area contributed by atoms with Crippen LogP contribution in [0.25, 0.3) is 5.00 Å². The summed E-state index contributed by atoms with van der Waals surface area (Å²) < 4.78 is 2.05. The van der Waals surface area contributed by atoms with Crippen molar-refractivity contribution in [2.24, 2.45) is 4.99 Å². The monoisotopic (exact) mass is 714 g/mol. The van der Waals surface area contributed by atoms with Crippen molar-refractivity contribution in [3.63, 3.8) is 0 Å². The van der Waals surface area contributed by atoms with Gasteiger partial charge in [0.2, 0.25) is 5.91 Å². The third-order valence-electron chi connectivity index (χ3n) is 8.80. The van der Waals surface area contributed by atoms with Crippen LogP contribution in [0.4, 0.5) is 10.8 Å². The smallest absolute Gasteiger partial charge is 0.257 e. The molecule has 2 aromatic carbocycles. The largest absolute Gasteiger partial charge is 0.385 e. The van der Waals surface area contributed by atoms with Crippen LogP contribution >= 0.6 is 34.3 Å². The van der Waals surface area contributed by atoms with Crippen LogP contribution < -0.4 is 16.0 Å².